The Morgan fingerprint density at radius 1 is 1.06 bits per heavy atom. The predicted molar refractivity (Wildman–Crippen MR) is 76.1 cm³/mol. The zero-order valence-corrected chi connectivity index (χ0v) is 11.7. The van der Waals surface area contributed by atoms with E-state index in [1.807, 2.05) is 0 Å². The lowest BCUT2D eigenvalue weighted by molar-refractivity contribution is 0.464. The summed E-state index contributed by atoms with van der Waals surface area (Å²) in [7, 11) is 0. The van der Waals surface area contributed by atoms with Crippen LogP contribution < -0.4 is 5.73 Å². The molecule has 17 heavy (non-hydrogen) atoms. The summed E-state index contributed by atoms with van der Waals surface area (Å²) in [5, 5.41) is 0. The first-order chi connectivity index (χ1) is 7.99. The van der Waals surface area contributed by atoms with Crippen molar-refractivity contribution in [2.24, 2.45) is 17.6 Å². The fourth-order valence-electron chi connectivity index (χ4n) is 2.05. The molecule has 0 heterocycles. The number of aryl methyl sites for hydroxylation is 1. The molecule has 0 aliphatic carbocycles. The molecule has 0 spiro atoms. The minimum Gasteiger partial charge on any atom is -0.327 e. The Kier molecular flexibility index (Phi) is 5.70. The first-order valence-corrected chi connectivity index (χ1v) is 6.82. The zero-order chi connectivity index (χ0) is 12.8. The van der Waals surface area contributed by atoms with Crippen LogP contribution in [0.1, 0.15) is 45.2 Å². The van der Waals surface area contributed by atoms with E-state index in [9.17, 15) is 0 Å². The lowest BCUT2D eigenvalue weighted by Gasteiger charge is -2.15. The van der Waals surface area contributed by atoms with Gasteiger partial charge in [0.1, 0.15) is 0 Å². The summed E-state index contributed by atoms with van der Waals surface area (Å²) < 4.78 is 0. The zero-order valence-electron chi connectivity index (χ0n) is 11.7. The molecule has 1 atom stereocenters. The molecule has 0 saturated carbocycles. The van der Waals surface area contributed by atoms with E-state index in [4.69, 9.17) is 5.73 Å². The van der Waals surface area contributed by atoms with Gasteiger partial charge in [-0.05, 0) is 42.2 Å². The van der Waals surface area contributed by atoms with Gasteiger partial charge in [-0.2, -0.15) is 0 Å². The molecule has 0 aliphatic heterocycles. The third-order valence-corrected chi connectivity index (χ3v) is 3.26. The van der Waals surface area contributed by atoms with Crippen LogP contribution >= 0.6 is 0 Å². The molecule has 1 rings (SSSR count). The third kappa shape index (κ3) is 5.36. The summed E-state index contributed by atoms with van der Waals surface area (Å²) in [6.07, 6.45) is 3.36. The van der Waals surface area contributed by atoms with E-state index in [0.717, 1.165) is 18.8 Å². The van der Waals surface area contributed by atoms with E-state index in [1.54, 1.807) is 0 Å². The molecule has 0 amide bonds. The van der Waals surface area contributed by atoms with E-state index < -0.39 is 0 Å². The highest BCUT2D eigenvalue weighted by Crippen LogP contribution is 2.14. The van der Waals surface area contributed by atoms with E-state index in [0.29, 0.717) is 12.0 Å². The fraction of sp³-hybridized carbons (Fsp3) is 0.625. The molecule has 1 aromatic rings. The monoisotopic (exact) mass is 233 g/mol. The van der Waals surface area contributed by atoms with Crippen molar-refractivity contribution in [1.29, 1.82) is 0 Å². The van der Waals surface area contributed by atoms with Crippen LogP contribution in [0.3, 0.4) is 0 Å². The Hall–Kier alpha value is -0.820. The lowest BCUT2D eigenvalue weighted by Crippen LogP contribution is -2.26. The first kappa shape index (κ1) is 14.2. The fourth-order valence-corrected chi connectivity index (χ4v) is 2.05. The average Bonchev–Trinajstić information content (AvgIpc) is 2.25. The quantitative estimate of drug-likeness (QED) is 0.794. The van der Waals surface area contributed by atoms with Crippen molar-refractivity contribution in [3.8, 4) is 0 Å². The highest BCUT2D eigenvalue weighted by molar-refractivity contribution is 5.24. The molecule has 1 aromatic carbocycles. The SMILES string of the molecule is CC(C)Cc1cccc(CCC(N)C(C)C)c1. The second-order valence-electron chi connectivity index (χ2n) is 5.86. The second-order valence-corrected chi connectivity index (χ2v) is 5.86. The van der Waals surface area contributed by atoms with Crippen LogP contribution in [0.4, 0.5) is 0 Å². The van der Waals surface area contributed by atoms with Gasteiger partial charge in [0.2, 0.25) is 0 Å². The normalized spacial score (nSPS) is 13.4. The number of hydrogen-bond acceptors (Lipinski definition) is 1. The Morgan fingerprint density at radius 3 is 2.29 bits per heavy atom. The summed E-state index contributed by atoms with van der Waals surface area (Å²) in [6, 6.07) is 9.28. The number of benzene rings is 1. The van der Waals surface area contributed by atoms with Crippen molar-refractivity contribution in [3.63, 3.8) is 0 Å². The van der Waals surface area contributed by atoms with Crippen molar-refractivity contribution in [3.05, 3.63) is 35.4 Å². The number of hydrogen-bond donors (Lipinski definition) is 1. The molecular weight excluding hydrogens is 206 g/mol. The van der Waals surface area contributed by atoms with Gasteiger partial charge in [-0.25, -0.2) is 0 Å². The Morgan fingerprint density at radius 2 is 1.71 bits per heavy atom. The average molecular weight is 233 g/mol. The molecule has 96 valence electrons. The minimum absolute atomic E-state index is 0.323. The standard InChI is InChI=1S/C16H27N/c1-12(2)10-15-7-5-6-14(11-15)8-9-16(17)13(3)4/h5-7,11-13,16H,8-10,17H2,1-4H3. The highest BCUT2D eigenvalue weighted by atomic mass is 14.6. The van der Waals surface area contributed by atoms with Gasteiger partial charge < -0.3 is 5.73 Å². The molecule has 1 heteroatoms. The summed E-state index contributed by atoms with van der Waals surface area (Å²) in [5.74, 6) is 1.30. The molecule has 2 N–H and O–H groups in total. The van der Waals surface area contributed by atoms with Gasteiger partial charge in [0.15, 0.2) is 0 Å². The van der Waals surface area contributed by atoms with Gasteiger partial charge in [0.25, 0.3) is 0 Å². The first-order valence-electron chi connectivity index (χ1n) is 6.82. The van der Waals surface area contributed by atoms with Crippen LogP contribution in [0.5, 0.6) is 0 Å². The van der Waals surface area contributed by atoms with Gasteiger partial charge >= 0.3 is 0 Å². The summed E-state index contributed by atoms with van der Waals surface area (Å²) in [6.45, 7) is 8.92. The minimum atomic E-state index is 0.323. The van der Waals surface area contributed by atoms with Gasteiger partial charge in [-0.15, -0.1) is 0 Å². The molecule has 0 fully saturated rings. The smallest absolute Gasteiger partial charge is 0.00650 e. The molecule has 0 radical (unpaired) electrons. The van der Waals surface area contributed by atoms with Crippen LogP contribution in [-0.2, 0) is 12.8 Å². The Balaban J connectivity index is 2.54. The number of rotatable bonds is 6. The van der Waals surface area contributed by atoms with Crippen LogP contribution in [0.2, 0.25) is 0 Å². The lowest BCUT2D eigenvalue weighted by atomic mass is 9.95. The molecule has 0 aromatic heterocycles. The summed E-state index contributed by atoms with van der Waals surface area (Å²) in [4.78, 5) is 0. The Labute approximate surface area is 106 Å². The van der Waals surface area contributed by atoms with Crippen LogP contribution in [-0.4, -0.2) is 6.04 Å². The van der Waals surface area contributed by atoms with Crippen LogP contribution in [0.15, 0.2) is 24.3 Å². The predicted octanol–water partition coefficient (Wildman–Crippen LogP) is 3.80. The maximum absolute atomic E-state index is 6.08. The molecule has 0 bridgehead atoms. The van der Waals surface area contributed by atoms with Gasteiger partial charge in [-0.1, -0.05) is 52.0 Å². The highest BCUT2D eigenvalue weighted by Gasteiger charge is 2.07. The summed E-state index contributed by atoms with van der Waals surface area (Å²) in [5.41, 5.74) is 8.97. The van der Waals surface area contributed by atoms with Gasteiger partial charge in [0.05, 0.1) is 0 Å². The maximum Gasteiger partial charge on any atom is 0.00650 e. The van der Waals surface area contributed by atoms with Crippen molar-refractivity contribution >= 4 is 0 Å². The van der Waals surface area contributed by atoms with Crippen molar-refractivity contribution in [1.82, 2.24) is 0 Å². The third-order valence-electron chi connectivity index (χ3n) is 3.26. The summed E-state index contributed by atoms with van der Waals surface area (Å²) >= 11 is 0. The largest absolute Gasteiger partial charge is 0.327 e. The Bertz CT molecular complexity index is 328. The van der Waals surface area contributed by atoms with Crippen LogP contribution in [0, 0.1) is 11.8 Å². The molecule has 1 nitrogen and oxygen atoms in total. The number of nitrogens with two attached hydrogens (primary N) is 1. The molecule has 1 unspecified atom stereocenters. The van der Waals surface area contributed by atoms with Crippen molar-refractivity contribution in [2.45, 2.75) is 53.0 Å². The second kappa shape index (κ2) is 6.80. The molecule has 0 saturated heterocycles. The van der Waals surface area contributed by atoms with E-state index in [1.165, 1.54) is 17.5 Å². The van der Waals surface area contributed by atoms with Crippen LogP contribution in [0.25, 0.3) is 0 Å². The maximum atomic E-state index is 6.08. The molecule has 0 aliphatic rings. The van der Waals surface area contributed by atoms with Crippen molar-refractivity contribution in [2.75, 3.05) is 0 Å². The van der Waals surface area contributed by atoms with Crippen molar-refractivity contribution < 1.29 is 0 Å². The van der Waals surface area contributed by atoms with Gasteiger partial charge in [-0.3, -0.25) is 0 Å². The molecular formula is C16H27N. The topological polar surface area (TPSA) is 26.0 Å². The van der Waals surface area contributed by atoms with Gasteiger partial charge in [0, 0.05) is 6.04 Å². The van der Waals surface area contributed by atoms with E-state index in [2.05, 4.69) is 52.0 Å². The van der Waals surface area contributed by atoms with E-state index in [-0.39, 0.29) is 0 Å². The van der Waals surface area contributed by atoms with E-state index >= 15 is 0 Å².